The highest BCUT2D eigenvalue weighted by Crippen LogP contribution is 2.20. The summed E-state index contributed by atoms with van der Waals surface area (Å²) < 4.78 is 11.3. The van der Waals surface area contributed by atoms with E-state index in [0.29, 0.717) is 6.61 Å². The van der Waals surface area contributed by atoms with Gasteiger partial charge < -0.3 is 14.7 Å². The summed E-state index contributed by atoms with van der Waals surface area (Å²) in [5, 5.41) is 10.5. The van der Waals surface area contributed by atoms with E-state index in [0.717, 1.165) is 4.74 Å². The molecule has 64 valence electrons. The predicted octanol–water partition coefficient (Wildman–Crippen LogP) is 0.349. The van der Waals surface area contributed by atoms with Gasteiger partial charge in [0.05, 0.1) is 6.61 Å². The minimum Gasteiger partial charge on any atom is -0.624 e. The molecule has 1 fully saturated rings. The van der Waals surface area contributed by atoms with Crippen molar-refractivity contribution in [3.05, 3.63) is 5.21 Å². The van der Waals surface area contributed by atoms with Gasteiger partial charge in [-0.05, 0) is 13.8 Å². The van der Waals surface area contributed by atoms with Crippen LogP contribution in [0.4, 0.5) is 0 Å². The SMILES string of the molecule is C/[N+]([O-])=C/[C@H]1COC(C)(C)O1. The molecule has 0 bridgehead atoms. The Morgan fingerprint density at radius 2 is 2.27 bits per heavy atom. The van der Waals surface area contributed by atoms with Gasteiger partial charge in [0, 0.05) is 0 Å². The van der Waals surface area contributed by atoms with Crippen molar-refractivity contribution >= 4 is 6.21 Å². The first-order chi connectivity index (χ1) is 4.99. The Morgan fingerprint density at radius 1 is 1.64 bits per heavy atom. The molecule has 0 spiro atoms. The first-order valence-corrected chi connectivity index (χ1v) is 3.56. The number of nitrogens with zero attached hydrogens (tertiary/aromatic N) is 1. The van der Waals surface area contributed by atoms with E-state index in [1.807, 2.05) is 13.8 Å². The zero-order valence-electron chi connectivity index (χ0n) is 7.03. The van der Waals surface area contributed by atoms with Gasteiger partial charge in [-0.25, -0.2) is 4.74 Å². The average Bonchev–Trinajstić information content (AvgIpc) is 2.08. The van der Waals surface area contributed by atoms with Gasteiger partial charge in [0.15, 0.2) is 18.1 Å². The van der Waals surface area contributed by atoms with Crippen molar-refractivity contribution in [1.29, 1.82) is 0 Å². The van der Waals surface area contributed by atoms with Crippen LogP contribution in [0.15, 0.2) is 0 Å². The van der Waals surface area contributed by atoms with E-state index in [4.69, 9.17) is 9.47 Å². The second kappa shape index (κ2) is 2.79. The number of hydrogen-bond donors (Lipinski definition) is 0. The third kappa shape index (κ3) is 2.48. The van der Waals surface area contributed by atoms with Crippen molar-refractivity contribution in [1.82, 2.24) is 0 Å². The Balaban J connectivity index is 2.49. The zero-order valence-corrected chi connectivity index (χ0v) is 7.03. The molecule has 0 aromatic carbocycles. The maximum absolute atomic E-state index is 10.5. The van der Waals surface area contributed by atoms with Crippen LogP contribution in [0.2, 0.25) is 0 Å². The third-order valence-corrected chi connectivity index (χ3v) is 1.41. The van der Waals surface area contributed by atoms with Crippen LogP contribution >= 0.6 is 0 Å². The van der Waals surface area contributed by atoms with Gasteiger partial charge in [-0.15, -0.1) is 0 Å². The molecule has 1 saturated heterocycles. The lowest BCUT2D eigenvalue weighted by Gasteiger charge is -2.15. The summed E-state index contributed by atoms with van der Waals surface area (Å²) in [5.74, 6) is -0.544. The molecule has 0 unspecified atom stereocenters. The molecule has 1 aliphatic rings. The van der Waals surface area contributed by atoms with E-state index in [2.05, 4.69) is 0 Å². The molecular weight excluding hydrogens is 146 g/mol. The minimum absolute atomic E-state index is 0.201. The van der Waals surface area contributed by atoms with E-state index < -0.39 is 5.79 Å². The van der Waals surface area contributed by atoms with Crippen molar-refractivity contribution in [2.24, 2.45) is 0 Å². The molecule has 0 aromatic heterocycles. The topological polar surface area (TPSA) is 44.5 Å². The molecule has 4 nitrogen and oxygen atoms in total. The highest BCUT2D eigenvalue weighted by atomic mass is 16.7. The summed E-state index contributed by atoms with van der Waals surface area (Å²) in [7, 11) is 1.43. The van der Waals surface area contributed by atoms with E-state index in [1.54, 1.807) is 0 Å². The van der Waals surface area contributed by atoms with Gasteiger partial charge in [-0.3, -0.25) is 0 Å². The quantitative estimate of drug-likeness (QED) is 0.240. The van der Waals surface area contributed by atoms with Gasteiger partial charge in [0.2, 0.25) is 0 Å². The summed E-state index contributed by atoms with van der Waals surface area (Å²) in [5.41, 5.74) is 0. The van der Waals surface area contributed by atoms with E-state index in [9.17, 15) is 5.21 Å². The molecule has 0 N–H and O–H groups in total. The normalized spacial score (nSPS) is 30.8. The van der Waals surface area contributed by atoms with Crippen molar-refractivity contribution in [3.8, 4) is 0 Å². The fourth-order valence-corrected chi connectivity index (χ4v) is 1.02. The lowest BCUT2D eigenvalue weighted by atomic mass is 10.4. The molecule has 0 saturated carbocycles. The van der Waals surface area contributed by atoms with Crippen molar-refractivity contribution in [3.63, 3.8) is 0 Å². The van der Waals surface area contributed by atoms with E-state index >= 15 is 0 Å². The fraction of sp³-hybridized carbons (Fsp3) is 0.857. The Labute approximate surface area is 66.0 Å². The number of hydrogen-bond acceptors (Lipinski definition) is 3. The largest absolute Gasteiger partial charge is 0.624 e. The first-order valence-electron chi connectivity index (χ1n) is 3.56. The lowest BCUT2D eigenvalue weighted by molar-refractivity contribution is -0.420. The Morgan fingerprint density at radius 3 is 2.64 bits per heavy atom. The van der Waals surface area contributed by atoms with Crippen LogP contribution in [-0.2, 0) is 9.47 Å². The van der Waals surface area contributed by atoms with Crippen LogP contribution in [0.25, 0.3) is 0 Å². The van der Waals surface area contributed by atoms with E-state index in [-0.39, 0.29) is 6.10 Å². The number of hydroxylamine groups is 1. The van der Waals surface area contributed by atoms with Crippen LogP contribution in [0.1, 0.15) is 13.8 Å². The smallest absolute Gasteiger partial charge is 0.182 e. The Kier molecular flexibility index (Phi) is 2.15. The molecule has 0 aliphatic carbocycles. The van der Waals surface area contributed by atoms with Gasteiger partial charge in [0.25, 0.3) is 0 Å². The molecule has 1 atom stereocenters. The van der Waals surface area contributed by atoms with Crippen molar-refractivity contribution < 1.29 is 14.2 Å². The summed E-state index contributed by atoms with van der Waals surface area (Å²) in [6.07, 6.45) is 1.25. The van der Waals surface area contributed by atoms with Crippen molar-refractivity contribution in [2.45, 2.75) is 25.7 Å². The second-order valence-electron chi connectivity index (χ2n) is 3.06. The highest BCUT2D eigenvalue weighted by Gasteiger charge is 2.33. The molecule has 1 rings (SSSR count). The summed E-state index contributed by atoms with van der Waals surface area (Å²) in [6.45, 7) is 4.11. The second-order valence-corrected chi connectivity index (χ2v) is 3.06. The monoisotopic (exact) mass is 159 g/mol. The zero-order chi connectivity index (χ0) is 8.48. The molecule has 0 radical (unpaired) electrons. The summed E-state index contributed by atoms with van der Waals surface area (Å²) in [4.78, 5) is 0. The minimum atomic E-state index is -0.544. The summed E-state index contributed by atoms with van der Waals surface area (Å²) in [6, 6.07) is 0. The first kappa shape index (κ1) is 8.49. The molecular formula is C7H13NO3. The predicted molar refractivity (Wildman–Crippen MR) is 40.5 cm³/mol. The van der Waals surface area contributed by atoms with Gasteiger partial charge in [-0.1, -0.05) is 0 Å². The Bertz CT molecular complexity index is 173. The molecule has 4 heteroatoms. The Hall–Kier alpha value is -0.610. The number of rotatable bonds is 1. The molecule has 11 heavy (non-hydrogen) atoms. The van der Waals surface area contributed by atoms with Crippen LogP contribution in [-0.4, -0.2) is 36.5 Å². The fourth-order valence-electron chi connectivity index (χ4n) is 1.02. The molecule has 0 aromatic rings. The summed E-state index contributed by atoms with van der Waals surface area (Å²) >= 11 is 0. The average molecular weight is 159 g/mol. The number of ether oxygens (including phenoxy) is 2. The van der Waals surface area contributed by atoms with Crippen LogP contribution in [0.3, 0.4) is 0 Å². The van der Waals surface area contributed by atoms with Crippen LogP contribution in [0.5, 0.6) is 0 Å². The van der Waals surface area contributed by atoms with Crippen LogP contribution in [0, 0.1) is 5.21 Å². The third-order valence-electron chi connectivity index (χ3n) is 1.41. The maximum atomic E-state index is 10.5. The van der Waals surface area contributed by atoms with Gasteiger partial charge in [0.1, 0.15) is 7.05 Å². The maximum Gasteiger partial charge on any atom is 0.182 e. The van der Waals surface area contributed by atoms with Gasteiger partial charge in [-0.2, -0.15) is 0 Å². The van der Waals surface area contributed by atoms with Crippen LogP contribution < -0.4 is 0 Å². The molecule has 1 aliphatic heterocycles. The standard InChI is InChI=1S/C7H13NO3/c1-7(2)10-5-6(11-7)4-8(3)9/h4,6H,5H2,1-3H3/b8-4-/t6-/m0/s1. The van der Waals surface area contributed by atoms with E-state index in [1.165, 1.54) is 13.3 Å². The molecule has 1 heterocycles. The van der Waals surface area contributed by atoms with Gasteiger partial charge >= 0.3 is 0 Å². The molecule has 0 amide bonds. The highest BCUT2D eigenvalue weighted by molar-refractivity contribution is 5.58. The van der Waals surface area contributed by atoms with Crippen molar-refractivity contribution in [2.75, 3.05) is 13.7 Å². The lowest BCUT2D eigenvalue weighted by Crippen LogP contribution is -2.23.